The molecule has 4 atom stereocenters. The Bertz CT molecular complexity index is 755. The van der Waals surface area contributed by atoms with Gasteiger partial charge in [0.05, 0.1) is 5.02 Å². The molecular formula is C18H24BrClN2O7S. The molecular weight excluding hydrogens is 504 g/mol. The number of hydrogen-bond donors (Lipinski definition) is 1. The Labute approximate surface area is 192 Å². The predicted molar refractivity (Wildman–Crippen MR) is 114 cm³/mol. The van der Waals surface area contributed by atoms with Gasteiger partial charge in [-0.3, -0.25) is 14.4 Å². The number of thioether (sulfide) groups is 1. The molecule has 30 heavy (non-hydrogen) atoms. The smallest absolute Gasteiger partial charge is 0.303 e. The Kier molecular flexibility index (Phi) is 11.6. The van der Waals surface area contributed by atoms with Crippen molar-refractivity contribution in [1.82, 2.24) is 4.98 Å². The molecule has 12 heteroatoms. The molecule has 0 fully saturated rings. The van der Waals surface area contributed by atoms with Crippen LogP contribution in [0.2, 0.25) is 5.02 Å². The maximum absolute atomic E-state index is 11.5. The van der Waals surface area contributed by atoms with Gasteiger partial charge in [-0.05, 0) is 28.9 Å². The second kappa shape index (κ2) is 13.1. The summed E-state index contributed by atoms with van der Waals surface area (Å²) in [5, 5.41) is 0.390. The molecule has 1 aromatic heterocycles. The van der Waals surface area contributed by atoms with Crippen molar-refractivity contribution in [3.8, 4) is 0 Å². The first kappa shape index (κ1) is 26.6. The third kappa shape index (κ3) is 9.61. The van der Waals surface area contributed by atoms with Crippen molar-refractivity contribution in [3.63, 3.8) is 0 Å². The summed E-state index contributed by atoms with van der Waals surface area (Å²) >= 11 is 10.5. The van der Waals surface area contributed by atoms with Gasteiger partial charge < -0.3 is 24.7 Å². The normalized spacial score (nSPS) is 14.9. The number of esters is 3. The minimum atomic E-state index is -0.859. The van der Waals surface area contributed by atoms with Crippen molar-refractivity contribution in [2.75, 3.05) is 13.2 Å². The molecule has 9 nitrogen and oxygen atoms in total. The zero-order chi connectivity index (χ0) is 22.8. The van der Waals surface area contributed by atoms with Gasteiger partial charge in [-0.2, -0.15) is 0 Å². The van der Waals surface area contributed by atoms with E-state index in [1.54, 1.807) is 13.0 Å². The summed E-state index contributed by atoms with van der Waals surface area (Å²) in [4.78, 5) is 38.9. The highest BCUT2D eigenvalue weighted by atomic mass is 79.9. The quantitative estimate of drug-likeness (QED) is 0.151. The molecule has 0 bridgehead atoms. The van der Waals surface area contributed by atoms with Crippen LogP contribution in [0.5, 0.6) is 0 Å². The molecule has 0 aliphatic heterocycles. The number of carbonyl (C=O) groups is 3. The lowest BCUT2D eigenvalue weighted by molar-refractivity contribution is -0.169. The number of rotatable bonds is 11. The third-order valence-electron chi connectivity index (χ3n) is 3.51. The Morgan fingerprint density at radius 1 is 1.17 bits per heavy atom. The lowest BCUT2D eigenvalue weighted by atomic mass is 10.2. The highest BCUT2D eigenvalue weighted by Crippen LogP contribution is 2.34. The standard InChI is InChI=1S/C18H24BrClN2O7S/c1-9(27-11(3)24)15(8-26-10(2)23)29-18(14(6-21)28-12(4)25)30-16-5-13(20)7-22-17(16)19/h5,7,9,14-15,18H,6,8,21H2,1-4H3/t9-,14+,15?,18?/m1/s1. The molecule has 0 aromatic carbocycles. The fraction of sp³-hybridized carbons (Fsp3) is 0.556. The summed E-state index contributed by atoms with van der Waals surface area (Å²) in [5.41, 5.74) is 4.95. The molecule has 0 aliphatic rings. The van der Waals surface area contributed by atoms with Crippen molar-refractivity contribution in [2.45, 2.75) is 56.3 Å². The summed E-state index contributed by atoms with van der Waals surface area (Å²) in [6.07, 6.45) is -1.01. The molecule has 168 valence electrons. The van der Waals surface area contributed by atoms with Crippen LogP contribution in [-0.4, -0.2) is 59.8 Å². The van der Waals surface area contributed by atoms with Crippen LogP contribution >= 0.6 is 39.3 Å². The molecule has 2 unspecified atom stereocenters. The van der Waals surface area contributed by atoms with Gasteiger partial charge in [-0.15, -0.1) is 0 Å². The van der Waals surface area contributed by atoms with Gasteiger partial charge in [0, 0.05) is 38.4 Å². The van der Waals surface area contributed by atoms with Crippen LogP contribution in [0.4, 0.5) is 0 Å². The van der Waals surface area contributed by atoms with Crippen LogP contribution in [0.25, 0.3) is 0 Å². The van der Waals surface area contributed by atoms with Gasteiger partial charge in [-0.25, -0.2) is 4.98 Å². The van der Waals surface area contributed by atoms with Crippen LogP contribution in [0.3, 0.4) is 0 Å². The first-order valence-corrected chi connectivity index (χ1v) is 10.9. The Morgan fingerprint density at radius 3 is 2.33 bits per heavy atom. The first-order valence-electron chi connectivity index (χ1n) is 8.84. The molecule has 0 saturated carbocycles. The molecule has 0 radical (unpaired) electrons. The van der Waals surface area contributed by atoms with E-state index >= 15 is 0 Å². The van der Waals surface area contributed by atoms with Crippen LogP contribution in [0.15, 0.2) is 21.8 Å². The molecule has 2 N–H and O–H groups in total. The number of nitrogens with zero attached hydrogens (tertiary/aromatic N) is 1. The van der Waals surface area contributed by atoms with E-state index in [0.717, 1.165) is 11.8 Å². The van der Waals surface area contributed by atoms with E-state index in [4.69, 9.17) is 36.3 Å². The van der Waals surface area contributed by atoms with E-state index in [0.29, 0.717) is 14.5 Å². The minimum absolute atomic E-state index is 0.0505. The topological polar surface area (TPSA) is 127 Å². The number of hydrogen-bond acceptors (Lipinski definition) is 10. The van der Waals surface area contributed by atoms with E-state index in [-0.39, 0.29) is 13.2 Å². The second-order valence-electron chi connectivity index (χ2n) is 6.10. The number of nitrogens with two attached hydrogens (primary N) is 1. The van der Waals surface area contributed by atoms with Gasteiger partial charge in [0.1, 0.15) is 35.0 Å². The lowest BCUT2D eigenvalue weighted by Gasteiger charge is -2.31. The van der Waals surface area contributed by atoms with Gasteiger partial charge in [0.2, 0.25) is 0 Å². The van der Waals surface area contributed by atoms with Gasteiger partial charge in [0.25, 0.3) is 0 Å². The second-order valence-corrected chi connectivity index (χ2v) is 8.43. The van der Waals surface area contributed by atoms with Crippen LogP contribution < -0.4 is 5.73 Å². The number of aromatic nitrogens is 1. The first-order chi connectivity index (χ1) is 14.0. The average molecular weight is 528 g/mol. The summed E-state index contributed by atoms with van der Waals surface area (Å²) in [7, 11) is 0. The van der Waals surface area contributed by atoms with Gasteiger partial charge in [0.15, 0.2) is 0 Å². The van der Waals surface area contributed by atoms with Gasteiger partial charge >= 0.3 is 17.9 Å². The highest BCUT2D eigenvalue weighted by molar-refractivity contribution is 9.10. The summed E-state index contributed by atoms with van der Waals surface area (Å²) < 4.78 is 22.1. The number of halogens is 2. The van der Waals surface area contributed by atoms with Gasteiger partial charge in [-0.1, -0.05) is 23.4 Å². The molecule has 1 rings (SSSR count). The fourth-order valence-electron chi connectivity index (χ4n) is 2.23. The minimum Gasteiger partial charge on any atom is -0.463 e. The van der Waals surface area contributed by atoms with Crippen LogP contribution in [0.1, 0.15) is 27.7 Å². The lowest BCUT2D eigenvalue weighted by Crippen LogP contribution is -2.44. The van der Waals surface area contributed by atoms with Crippen molar-refractivity contribution >= 4 is 57.2 Å². The molecule has 0 aliphatic carbocycles. The van der Waals surface area contributed by atoms with E-state index in [9.17, 15) is 14.4 Å². The zero-order valence-electron chi connectivity index (χ0n) is 16.9. The van der Waals surface area contributed by atoms with Crippen molar-refractivity contribution in [2.24, 2.45) is 5.73 Å². The van der Waals surface area contributed by atoms with E-state index in [1.165, 1.54) is 27.0 Å². The molecule has 0 saturated heterocycles. The largest absolute Gasteiger partial charge is 0.463 e. The predicted octanol–water partition coefficient (Wildman–Crippen LogP) is 2.71. The monoisotopic (exact) mass is 526 g/mol. The van der Waals surface area contributed by atoms with E-state index in [2.05, 4.69) is 20.9 Å². The summed E-state index contributed by atoms with van der Waals surface area (Å²) in [6, 6.07) is 1.65. The SMILES string of the molecule is CC(=O)OCC(OC(Sc1cc(Cl)cnc1Br)[C@H](CN)OC(C)=O)[C@@H](C)OC(C)=O. The van der Waals surface area contributed by atoms with Crippen LogP contribution in [0, 0.1) is 0 Å². The van der Waals surface area contributed by atoms with E-state index in [1.807, 2.05) is 0 Å². The van der Waals surface area contributed by atoms with Crippen molar-refractivity contribution in [3.05, 3.63) is 21.9 Å². The number of ether oxygens (including phenoxy) is 4. The molecule has 0 spiro atoms. The maximum atomic E-state index is 11.5. The third-order valence-corrected chi connectivity index (χ3v) is 5.82. The number of carbonyl (C=O) groups excluding carboxylic acids is 3. The molecule has 0 amide bonds. The Morgan fingerprint density at radius 2 is 1.80 bits per heavy atom. The van der Waals surface area contributed by atoms with Crippen LogP contribution in [-0.2, 0) is 33.3 Å². The van der Waals surface area contributed by atoms with Crippen molar-refractivity contribution < 1.29 is 33.3 Å². The highest BCUT2D eigenvalue weighted by Gasteiger charge is 2.33. The number of pyridine rings is 1. The Hall–Kier alpha value is -1.40. The zero-order valence-corrected chi connectivity index (χ0v) is 20.1. The average Bonchev–Trinajstić information content (AvgIpc) is 2.64. The molecule has 1 heterocycles. The molecule has 1 aromatic rings. The summed E-state index contributed by atoms with van der Waals surface area (Å²) in [6.45, 7) is 5.10. The van der Waals surface area contributed by atoms with Crippen molar-refractivity contribution in [1.29, 1.82) is 0 Å². The summed E-state index contributed by atoms with van der Waals surface area (Å²) in [5.74, 6) is -1.60. The fourth-order valence-corrected chi connectivity index (χ4v) is 4.06. The maximum Gasteiger partial charge on any atom is 0.303 e. The van der Waals surface area contributed by atoms with E-state index < -0.39 is 41.7 Å². The Balaban J connectivity index is 3.19.